The Balaban J connectivity index is 1.25. The van der Waals surface area contributed by atoms with E-state index in [1.165, 1.54) is 132 Å². The second kappa shape index (κ2) is 13.4. The van der Waals surface area contributed by atoms with Gasteiger partial charge in [-0.3, -0.25) is 0 Å². The number of piperidine rings is 2. The van der Waals surface area contributed by atoms with Crippen LogP contribution in [0.3, 0.4) is 0 Å². The Morgan fingerprint density at radius 2 is 0.909 bits per heavy atom. The number of hydrogen-bond donors (Lipinski definition) is 0. The summed E-state index contributed by atoms with van der Waals surface area (Å²) < 4.78 is 2.42. The van der Waals surface area contributed by atoms with Gasteiger partial charge in [0.1, 0.15) is 0 Å². The summed E-state index contributed by atoms with van der Waals surface area (Å²) in [5.74, 6) is 0. The molecule has 2 fully saturated rings. The molecule has 0 bridgehead atoms. The molecule has 0 amide bonds. The topological polar surface area (TPSA) is 11.4 Å². The van der Waals surface area contributed by atoms with Crippen LogP contribution >= 0.6 is 0 Å². The Kier molecular flexibility index (Phi) is 7.86. The molecule has 2 saturated heterocycles. The zero-order valence-electron chi connectivity index (χ0n) is 31.3. The van der Waals surface area contributed by atoms with Crippen LogP contribution in [0.4, 0.5) is 11.4 Å². The minimum atomic E-state index is 1.12. The van der Waals surface area contributed by atoms with Gasteiger partial charge in [0.25, 0.3) is 0 Å². The first-order valence-electron chi connectivity index (χ1n) is 20.4. The Morgan fingerprint density at radius 1 is 0.327 bits per heavy atom. The van der Waals surface area contributed by atoms with E-state index < -0.39 is 0 Å². The van der Waals surface area contributed by atoms with Crippen LogP contribution in [0.2, 0.25) is 0 Å². The second-order valence-electron chi connectivity index (χ2n) is 15.8. The fraction of sp³-hybridized carbons (Fsp3) is 0.192. The monoisotopic (exact) mass is 711 g/mol. The smallest absolute Gasteiger partial charge is 0.0541 e. The van der Waals surface area contributed by atoms with Crippen molar-refractivity contribution in [1.29, 1.82) is 0 Å². The highest BCUT2D eigenvalue weighted by Crippen LogP contribution is 2.48. The van der Waals surface area contributed by atoms with Crippen molar-refractivity contribution >= 4 is 65.5 Å². The van der Waals surface area contributed by atoms with Crippen molar-refractivity contribution in [2.45, 2.75) is 38.5 Å². The van der Waals surface area contributed by atoms with E-state index in [1.54, 1.807) is 0 Å². The maximum Gasteiger partial charge on any atom is 0.0541 e. The Bertz CT molecular complexity index is 2880. The van der Waals surface area contributed by atoms with Crippen LogP contribution in [0.1, 0.15) is 38.5 Å². The molecule has 0 N–H and O–H groups in total. The summed E-state index contributed by atoms with van der Waals surface area (Å²) in [6.45, 7) is 4.48. The molecule has 268 valence electrons. The minimum Gasteiger partial charge on any atom is -0.372 e. The predicted molar refractivity (Wildman–Crippen MR) is 236 cm³/mol. The van der Waals surface area contributed by atoms with Gasteiger partial charge in [0.2, 0.25) is 0 Å². The van der Waals surface area contributed by atoms with Crippen molar-refractivity contribution in [1.82, 2.24) is 4.57 Å². The van der Waals surface area contributed by atoms with Gasteiger partial charge in [0.05, 0.1) is 11.0 Å². The van der Waals surface area contributed by atoms with Crippen LogP contribution in [0.5, 0.6) is 0 Å². The quantitative estimate of drug-likeness (QED) is 0.165. The lowest BCUT2D eigenvalue weighted by Crippen LogP contribution is -2.29. The summed E-state index contributed by atoms with van der Waals surface area (Å²) in [6, 6.07) is 57.5. The van der Waals surface area contributed by atoms with Gasteiger partial charge < -0.3 is 14.4 Å². The van der Waals surface area contributed by atoms with Gasteiger partial charge in [-0.25, -0.2) is 0 Å². The fourth-order valence-electron chi connectivity index (χ4n) is 9.93. The maximum atomic E-state index is 2.62. The summed E-state index contributed by atoms with van der Waals surface area (Å²) in [7, 11) is 0. The van der Waals surface area contributed by atoms with Crippen molar-refractivity contribution in [2.75, 3.05) is 36.0 Å². The largest absolute Gasteiger partial charge is 0.372 e. The summed E-state index contributed by atoms with van der Waals surface area (Å²) in [4.78, 5) is 5.23. The van der Waals surface area contributed by atoms with Gasteiger partial charge in [-0.2, -0.15) is 0 Å². The molecule has 11 rings (SSSR count). The fourth-order valence-corrected chi connectivity index (χ4v) is 9.93. The van der Waals surface area contributed by atoms with Gasteiger partial charge >= 0.3 is 0 Å². The van der Waals surface area contributed by atoms with E-state index in [4.69, 9.17) is 0 Å². The molecule has 0 aliphatic carbocycles. The summed E-state index contributed by atoms with van der Waals surface area (Å²) >= 11 is 0. The third-order valence-corrected chi connectivity index (χ3v) is 12.6. The van der Waals surface area contributed by atoms with Crippen molar-refractivity contribution in [3.8, 4) is 27.9 Å². The average molecular weight is 712 g/mol. The number of para-hydroxylation sites is 2. The van der Waals surface area contributed by atoms with Crippen LogP contribution in [0, 0.1) is 0 Å². The molecule has 1 aromatic heterocycles. The SMILES string of the molecule is c1ccc(-n2c3ccccc3c3cc(-c4c5cc(N6CCCCC6)ccc5c(-c5cccc6ccccc56)c5cc(N6CCCCC6)ccc45)ccc32)cc1. The minimum absolute atomic E-state index is 1.12. The molecule has 9 aromatic rings. The van der Waals surface area contributed by atoms with Crippen molar-refractivity contribution in [3.05, 3.63) is 152 Å². The third kappa shape index (κ3) is 5.40. The number of rotatable bonds is 5. The normalized spacial score (nSPS) is 15.2. The second-order valence-corrected chi connectivity index (χ2v) is 15.8. The average Bonchev–Trinajstić information content (AvgIpc) is 3.59. The first kappa shape index (κ1) is 32.4. The highest BCUT2D eigenvalue weighted by atomic mass is 15.1. The first-order valence-corrected chi connectivity index (χ1v) is 20.4. The lowest BCUT2D eigenvalue weighted by molar-refractivity contribution is 0.578. The summed E-state index contributed by atoms with van der Waals surface area (Å²) in [5, 5.41) is 10.5. The highest BCUT2D eigenvalue weighted by molar-refractivity contribution is 6.25. The zero-order chi connectivity index (χ0) is 36.3. The molecule has 55 heavy (non-hydrogen) atoms. The highest BCUT2D eigenvalue weighted by Gasteiger charge is 2.23. The van der Waals surface area contributed by atoms with Crippen molar-refractivity contribution in [2.24, 2.45) is 0 Å². The molecule has 0 unspecified atom stereocenters. The van der Waals surface area contributed by atoms with Crippen molar-refractivity contribution < 1.29 is 0 Å². The Labute approximate surface area is 323 Å². The lowest BCUT2D eigenvalue weighted by Gasteiger charge is -2.30. The lowest BCUT2D eigenvalue weighted by atomic mass is 9.84. The Morgan fingerprint density at radius 3 is 1.64 bits per heavy atom. The Hall–Kier alpha value is -6.06. The van der Waals surface area contributed by atoms with Crippen molar-refractivity contribution in [3.63, 3.8) is 0 Å². The molecule has 3 heteroatoms. The molecule has 0 saturated carbocycles. The molecule has 2 aliphatic heterocycles. The number of hydrogen-bond acceptors (Lipinski definition) is 2. The van der Waals surface area contributed by atoms with Crippen LogP contribution in [0.15, 0.2) is 152 Å². The molecule has 0 spiro atoms. The van der Waals surface area contributed by atoms with Crippen LogP contribution in [-0.2, 0) is 0 Å². The van der Waals surface area contributed by atoms with Crippen LogP contribution in [-0.4, -0.2) is 30.7 Å². The predicted octanol–water partition coefficient (Wildman–Crippen LogP) is 13.6. The molecular weight excluding hydrogens is 667 g/mol. The number of anilines is 2. The number of nitrogens with zero attached hydrogens (tertiary/aromatic N) is 3. The zero-order valence-corrected chi connectivity index (χ0v) is 31.3. The standard InChI is InChI=1S/C52H45N3/c1-4-17-38(18-5-1)55-49-22-9-8-20-42(49)46-33-37(23-28-50(46)55)51-44-26-24-40(54-31-12-3-13-32-54)35-48(44)52(43-21-14-16-36-15-6-7-19-41(36)43)45-27-25-39(34-47(45)51)53-29-10-2-11-30-53/h1,4-9,14-28,33-35H,2-3,10-13,29-32H2. The van der Waals surface area contributed by atoms with Crippen LogP contribution < -0.4 is 9.80 Å². The van der Waals surface area contributed by atoms with E-state index >= 15 is 0 Å². The molecule has 0 atom stereocenters. The van der Waals surface area contributed by atoms with Crippen LogP contribution in [0.25, 0.3) is 82.1 Å². The van der Waals surface area contributed by atoms with Gasteiger partial charge in [0.15, 0.2) is 0 Å². The number of benzene rings is 8. The molecule has 0 radical (unpaired) electrons. The van der Waals surface area contributed by atoms with E-state index in [-0.39, 0.29) is 0 Å². The molecule has 2 aliphatic rings. The van der Waals surface area contributed by atoms with Gasteiger partial charge in [-0.05, 0) is 148 Å². The molecule has 8 aromatic carbocycles. The van der Waals surface area contributed by atoms with E-state index in [0.717, 1.165) is 26.2 Å². The summed E-state index contributed by atoms with van der Waals surface area (Å²) in [5.41, 5.74) is 11.6. The van der Waals surface area contributed by atoms with E-state index in [0.29, 0.717) is 0 Å². The molecule has 3 heterocycles. The number of aromatic nitrogens is 1. The maximum absolute atomic E-state index is 2.62. The van der Waals surface area contributed by atoms with E-state index in [1.807, 2.05) is 0 Å². The van der Waals surface area contributed by atoms with Gasteiger partial charge in [-0.1, -0.05) is 97.1 Å². The summed E-state index contributed by atoms with van der Waals surface area (Å²) in [6.07, 6.45) is 7.67. The van der Waals surface area contributed by atoms with Gasteiger partial charge in [-0.15, -0.1) is 0 Å². The molecular formula is C52H45N3. The van der Waals surface area contributed by atoms with Gasteiger partial charge in [0, 0.05) is 54.0 Å². The van der Waals surface area contributed by atoms with E-state index in [9.17, 15) is 0 Å². The van der Waals surface area contributed by atoms with E-state index in [2.05, 4.69) is 166 Å². The molecule has 3 nitrogen and oxygen atoms in total. The third-order valence-electron chi connectivity index (χ3n) is 12.6. The number of fused-ring (bicyclic) bond motifs is 6. The first-order chi connectivity index (χ1) is 27.3.